The van der Waals surface area contributed by atoms with Crippen molar-refractivity contribution in [1.82, 2.24) is 9.55 Å². The van der Waals surface area contributed by atoms with E-state index in [0.717, 1.165) is 5.39 Å². The van der Waals surface area contributed by atoms with E-state index in [1.54, 1.807) is 23.9 Å². The molecule has 0 saturated heterocycles. The Balaban J connectivity index is 2.82. The number of nitrogens with zero attached hydrogens (tertiary/aromatic N) is 2. The first-order valence-corrected chi connectivity index (χ1v) is 4.22. The molecule has 3 N–H and O–H groups in total. The lowest BCUT2D eigenvalue weighted by atomic mass is 9.74. The zero-order valence-electron chi connectivity index (χ0n) is 7.62. The van der Waals surface area contributed by atoms with Crippen molar-refractivity contribution in [2.24, 2.45) is 7.05 Å². The summed E-state index contributed by atoms with van der Waals surface area (Å²) in [6, 6.07) is 3.54. The van der Waals surface area contributed by atoms with E-state index in [1.165, 1.54) is 6.20 Å². The van der Waals surface area contributed by atoms with Crippen LogP contribution in [0.2, 0.25) is 0 Å². The zero-order chi connectivity index (χ0) is 10.3. The van der Waals surface area contributed by atoms with E-state index in [4.69, 9.17) is 15.1 Å². The first-order valence-electron chi connectivity index (χ1n) is 4.22. The lowest BCUT2D eigenvalue weighted by molar-refractivity contribution is 0.248. The smallest absolute Gasteiger partial charge is 0.422 e. The van der Waals surface area contributed by atoms with Crippen LogP contribution in [0.4, 0.5) is 0 Å². The normalized spacial score (nSPS) is 12.3. The first kappa shape index (κ1) is 9.20. The Hall–Kier alpha value is -1.37. The summed E-state index contributed by atoms with van der Waals surface area (Å²) in [6.07, 6.45) is 3.19. The van der Waals surface area contributed by atoms with Crippen LogP contribution >= 0.6 is 0 Å². The summed E-state index contributed by atoms with van der Waals surface area (Å²) in [4.78, 5) is 3.77. The molecule has 6 heteroatoms. The van der Waals surface area contributed by atoms with Crippen LogP contribution in [0.25, 0.3) is 10.9 Å². The Morgan fingerprint density at radius 1 is 1.29 bits per heavy atom. The maximum absolute atomic E-state index is 9.13. The highest BCUT2D eigenvalue weighted by molar-refractivity contribution is 6.73. The van der Waals surface area contributed by atoms with E-state index < -0.39 is 6.75 Å². The average molecular weight is 193 g/mol. The highest BCUT2D eigenvalue weighted by atomic mass is 16.5. The van der Waals surface area contributed by atoms with Crippen LogP contribution in [0, 0.1) is 0 Å². The Morgan fingerprint density at radius 3 is 2.64 bits per heavy atom. The van der Waals surface area contributed by atoms with Crippen molar-refractivity contribution >= 4 is 23.3 Å². The van der Waals surface area contributed by atoms with Gasteiger partial charge in [0.15, 0.2) is 0 Å². The van der Waals surface area contributed by atoms with Gasteiger partial charge in [-0.1, -0.05) is 0 Å². The Labute approximate surface area is 80.3 Å². The van der Waals surface area contributed by atoms with E-state index in [1.807, 2.05) is 6.07 Å². The number of pyridine rings is 1. The second kappa shape index (κ2) is 2.81. The molecule has 0 fully saturated rings. The van der Waals surface area contributed by atoms with Crippen molar-refractivity contribution < 1.29 is 15.1 Å². The summed E-state index contributed by atoms with van der Waals surface area (Å²) in [7, 11) is 1.75. The standard InChI is InChI=1S/C8H10BN2O3/c1-11-5-3-6-2-4-10-8(7(6)11)9(12,13)14/h2-5,12-14H,1H3/q-1. The molecular formula is C8H10BN2O3-. The minimum atomic E-state index is -3.54. The molecule has 0 amide bonds. The fourth-order valence-electron chi connectivity index (χ4n) is 1.55. The molecule has 2 heterocycles. The van der Waals surface area contributed by atoms with Gasteiger partial charge < -0.3 is 19.6 Å². The SMILES string of the molecule is Cn1ccc2ccnc([B-](O)(O)O)c21. The predicted octanol–water partition coefficient (Wildman–Crippen LogP) is -1.30. The van der Waals surface area contributed by atoms with Gasteiger partial charge in [0.2, 0.25) is 0 Å². The number of rotatable bonds is 1. The third-order valence-electron chi connectivity index (χ3n) is 2.18. The van der Waals surface area contributed by atoms with E-state index in [9.17, 15) is 0 Å². The van der Waals surface area contributed by atoms with Crippen LogP contribution in [0.5, 0.6) is 0 Å². The topological polar surface area (TPSA) is 78.5 Å². The second-order valence-corrected chi connectivity index (χ2v) is 3.29. The zero-order valence-corrected chi connectivity index (χ0v) is 7.62. The highest BCUT2D eigenvalue weighted by Crippen LogP contribution is 2.11. The van der Waals surface area contributed by atoms with E-state index in [0.29, 0.717) is 5.52 Å². The van der Waals surface area contributed by atoms with E-state index in [-0.39, 0.29) is 5.59 Å². The van der Waals surface area contributed by atoms with E-state index >= 15 is 0 Å². The molecule has 0 aliphatic carbocycles. The summed E-state index contributed by atoms with van der Waals surface area (Å²) < 4.78 is 1.68. The minimum absolute atomic E-state index is 0.102. The van der Waals surface area contributed by atoms with Crippen molar-refractivity contribution in [3.63, 3.8) is 0 Å². The number of aryl methyl sites for hydroxylation is 1. The summed E-state index contributed by atoms with van der Waals surface area (Å²) in [6.45, 7) is -3.54. The van der Waals surface area contributed by atoms with Gasteiger partial charge in [-0.25, -0.2) is 0 Å². The molecule has 0 saturated carbocycles. The predicted molar refractivity (Wildman–Crippen MR) is 52.8 cm³/mol. The Morgan fingerprint density at radius 2 is 2.00 bits per heavy atom. The first-order chi connectivity index (χ1) is 6.50. The van der Waals surface area contributed by atoms with Crippen molar-refractivity contribution in [3.8, 4) is 0 Å². The molecule has 14 heavy (non-hydrogen) atoms. The van der Waals surface area contributed by atoms with Gasteiger partial charge in [0.1, 0.15) is 0 Å². The Kier molecular flexibility index (Phi) is 1.85. The number of hydrogen-bond acceptors (Lipinski definition) is 4. The van der Waals surface area contributed by atoms with Crippen molar-refractivity contribution in [2.75, 3.05) is 0 Å². The van der Waals surface area contributed by atoms with Crippen LogP contribution in [-0.4, -0.2) is 31.4 Å². The van der Waals surface area contributed by atoms with Gasteiger partial charge in [0.05, 0.1) is 0 Å². The largest absolute Gasteiger partial charge is 0.555 e. The van der Waals surface area contributed by atoms with Gasteiger partial charge >= 0.3 is 6.75 Å². The van der Waals surface area contributed by atoms with Crippen LogP contribution in [-0.2, 0) is 7.05 Å². The molecule has 74 valence electrons. The van der Waals surface area contributed by atoms with Crippen molar-refractivity contribution in [2.45, 2.75) is 0 Å². The van der Waals surface area contributed by atoms with Gasteiger partial charge in [-0.05, 0) is 23.1 Å². The molecule has 0 radical (unpaired) electrons. The lowest BCUT2D eigenvalue weighted by Crippen LogP contribution is -2.51. The molecular weight excluding hydrogens is 183 g/mol. The van der Waals surface area contributed by atoms with Crippen LogP contribution in [0.3, 0.4) is 0 Å². The maximum Gasteiger partial charge on any atom is 0.422 e. The molecule has 5 nitrogen and oxygen atoms in total. The summed E-state index contributed by atoms with van der Waals surface area (Å²) in [5, 5.41) is 28.2. The fourth-order valence-corrected chi connectivity index (χ4v) is 1.55. The van der Waals surface area contributed by atoms with Crippen LogP contribution < -0.4 is 5.59 Å². The maximum atomic E-state index is 9.13. The lowest BCUT2D eigenvalue weighted by Gasteiger charge is -2.21. The minimum Gasteiger partial charge on any atom is -0.555 e. The molecule has 0 aliphatic rings. The number of fused-ring (bicyclic) bond motifs is 1. The average Bonchev–Trinajstić information content (AvgIpc) is 2.46. The Bertz CT molecular complexity index is 475. The second-order valence-electron chi connectivity index (χ2n) is 3.29. The highest BCUT2D eigenvalue weighted by Gasteiger charge is 2.23. The molecule has 0 bridgehead atoms. The molecule has 0 atom stereocenters. The fraction of sp³-hybridized carbons (Fsp3) is 0.125. The number of aromatic nitrogens is 2. The van der Waals surface area contributed by atoms with Crippen molar-refractivity contribution in [1.29, 1.82) is 0 Å². The monoisotopic (exact) mass is 193 g/mol. The summed E-state index contributed by atoms with van der Waals surface area (Å²) in [5.41, 5.74) is 0.426. The van der Waals surface area contributed by atoms with Gasteiger partial charge in [-0.2, -0.15) is 0 Å². The van der Waals surface area contributed by atoms with Gasteiger partial charge in [0, 0.05) is 25.0 Å². The van der Waals surface area contributed by atoms with Crippen LogP contribution in [0.15, 0.2) is 24.5 Å². The molecule has 2 rings (SSSR count). The molecule has 0 aromatic carbocycles. The van der Waals surface area contributed by atoms with Gasteiger partial charge in [-0.15, -0.1) is 0 Å². The quantitative estimate of drug-likeness (QED) is 0.491. The summed E-state index contributed by atoms with van der Waals surface area (Å²) >= 11 is 0. The summed E-state index contributed by atoms with van der Waals surface area (Å²) in [5.74, 6) is 0. The third kappa shape index (κ3) is 1.29. The van der Waals surface area contributed by atoms with Gasteiger partial charge in [-0.3, -0.25) is 4.98 Å². The molecule has 2 aromatic rings. The molecule has 2 aromatic heterocycles. The molecule has 0 unspecified atom stereocenters. The van der Waals surface area contributed by atoms with E-state index in [2.05, 4.69) is 4.98 Å². The van der Waals surface area contributed by atoms with Crippen LogP contribution in [0.1, 0.15) is 0 Å². The number of hydrogen-bond donors (Lipinski definition) is 3. The molecule has 0 aliphatic heterocycles. The van der Waals surface area contributed by atoms with Gasteiger partial charge in [0.25, 0.3) is 0 Å². The van der Waals surface area contributed by atoms with Crippen molar-refractivity contribution in [3.05, 3.63) is 24.5 Å². The third-order valence-corrected chi connectivity index (χ3v) is 2.18. The molecule has 0 spiro atoms.